The van der Waals surface area contributed by atoms with Gasteiger partial charge in [0.1, 0.15) is 5.82 Å². The summed E-state index contributed by atoms with van der Waals surface area (Å²) >= 11 is 3.06. The minimum absolute atomic E-state index is 0.00544. The van der Waals surface area contributed by atoms with Crippen molar-refractivity contribution in [2.24, 2.45) is 5.73 Å². The highest BCUT2D eigenvalue weighted by atomic mass is 79.9. The van der Waals surface area contributed by atoms with Crippen LogP contribution < -0.4 is 10.5 Å². The van der Waals surface area contributed by atoms with Crippen molar-refractivity contribution in [1.82, 2.24) is 4.72 Å². The van der Waals surface area contributed by atoms with Crippen molar-refractivity contribution >= 4 is 26.0 Å². The van der Waals surface area contributed by atoms with Crippen LogP contribution in [0.15, 0.2) is 51.8 Å². The Hall–Kier alpha value is -1.28. The Labute approximate surface area is 131 Å². The molecule has 0 unspecified atom stereocenters. The average Bonchev–Trinajstić information content (AvgIpc) is 2.45. The zero-order valence-corrected chi connectivity index (χ0v) is 13.4. The van der Waals surface area contributed by atoms with E-state index in [1.807, 2.05) is 24.3 Å². The number of hydrogen-bond donors (Lipinski definition) is 2. The van der Waals surface area contributed by atoms with Crippen LogP contribution >= 0.6 is 15.9 Å². The van der Waals surface area contributed by atoms with Crippen LogP contribution in [0.4, 0.5) is 4.39 Å². The summed E-state index contributed by atoms with van der Waals surface area (Å²) in [5, 5.41) is 0. The number of sulfonamides is 1. The quantitative estimate of drug-likeness (QED) is 0.846. The van der Waals surface area contributed by atoms with Crippen molar-refractivity contribution < 1.29 is 12.8 Å². The van der Waals surface area contributed by atoms with Gasteiger partial charge in [-0.05, 0) is 45.3 Å². The van der Waals surface area contributed by atoms with E-state index in [0.29, 0.717) is 6.54 Å². The molecule has 0 saturated carbocycles. The molecule has 0 fully saturated rings. The van der Waals surface area contributed by atoms with Gasteiger partial charge in [-0.2, -0.15) is 0 Å². The van der Waals surface area contributed by atoms with Gasteiger partial charge < -0.3 is 5.73 Å². The summed E-state index contributed by atoms with van der Waals surface area (Å²) < 4.78 is 40.2. The molecule has 3 N–H and O–H groups in total. The van der Waals surface area contributed by atoms with Crippen molar-refractivity contribution in [2.75, 3.05) is 0 Å². The van der Waals surface area contributed by atoms with Crippen LogP contribution in [0.3, 0.4) is 0 Å². The van der Waals surface area contributed by atoms with Crippen molar-refractivity contribution in [1.29, 1.82) is 0 Å². The third-order valence-electron chi connectivity index (χ3n) is 2.97. The number of hydrogen-bond acceptors (Lipinski definition) is 3. The largest absolute Gasteiger partial charge is 0.326 e. The first kappa shape index (κ1) is 16.1. The van der Waals surface area contributed by atoms with Crippen LogP contribution in [0, 0.1) is 5.82 Å². The minimum atomic E-state index is -3.74. The van der Waals surface area contributed by atoms with Gasteiger partial charge in [-0.3, -0.25) is 0 Å². The molecule has 4 nitrogen and oxygen atoms in total. The summed E-state index contributed by atoms with van der Waals surface area (Å²) in [4.78, 5) is -0.00544. The molecule has 0 saturated heterocycles. The van der Waals surface area contributed by atoms with Crippen LogP contribution in [0.5, 0.6) is 0 Å². The molecule has 2 rings (SSSR count). The maximum Gasteiger partial charge on any atom is 0.241 e. The molecular weight excluding hydrogens is 359 g/mol. The molecule has 0 aliphatic carbocycles. The fraction of sp³-hybridized carbons (Fsp3) is 0.143. The summed E-state index contributed by atoms with van der Waals surface area (Å²) in [7, 11) is -3.74. The highest BCUT2D eigenvalue weighted by Crippen LogP contribution is 2.23. The molecule has 0 atom stereocenters. The number of halogens is 2. The molecule has 2 aromatic rings. The summed E-state index contributed by atoms with van der Waals surface area (Å²) in [6, 6.07) is 10.8. The summed E-state index contributed by atoms with van der Waals surface area (Å²) in [6.45, 7) is 0.456. The van der Waals surface area contributed by atoms with Crippen LogP contribution in [-0.2, 0) is 23.1 Å². The summed E-state index contributed by atoms with van der Waals surface area (Å²) in [5.41, 5.74) is 7.30. The van der Waals surface area contributed by atoms with E-state index < -0.39 is 15.8 Å². The minimum Gasteiger partial charge on any atom is -0.326 e. The van der Waals surface area contributed by atoms with Crippen molar-refractivity contribution in [2.45, 2.75) is 18.0 Å². The maximum atomic E-state index is 13.0. The molecule has 0 heterocycles. The predicted octanol–water partition coefficient (Wildman–Crippen LogP) is 2.53. The lowest BCUT2D eigenvalue weighted by Gasteiger charge is -2.11. The molecule has 0 aliphatic heterocycles. The Kier molecular flexibility index (Phi) is 5.10. The lowest BCUT2D eigenvalue weighted by molar-refractivity contribution is 0.579. The van der Waals surface area contributed by atoms with Crippen LogP contribution in [0.2, 0.25) is 0 Å². The van der Waals surface area contributed by atoms with Gasteiger partial charge in [0.15, 0.2) is 0 Å². The average molecular weight is 373 g/mol. The van der Waals surface area contributed by atoms with Gasteiger partial charge >= 0.3 is 0 Å². The normalized spacial score (nSPS) is 11.6. The van der Waals surface area contributed by atoms with Gasteiger partial charge in [0, 0.05) is 17.6 Å². The fourth-order valence-electron chi connectivity index (χ4n) is 1.87. The van der Waals surface area contributed by atoms with Gasteiger partial charge in [0.25, 0.3) is 0 Å². The van der Waals surface area contributed by atoms with Gasteiger partial charge in [-0.25, -0.2) is 17.5 Å². The lowest BCUT2D eigenvalue weighted by atomic mass is 10.1. The van der Waals surface area contributed by atoms with E-state index in [9.17, 15) is 12.8 Å². The Morgan fingerprint density at radius 1 is 1.14 bits per heavy atom. The molecule has 0 radical (unpaired) electrons. The second kappa shape index (κ2) is 6.65. The monoisotopic (exact) mass is 372 g/mol. The van der Waals surface area contributed by atoms with Crippen LogP contribution in [0.25, 0.3) is 0 Å². The van der Waals surface area contributed by atoms with Gasteiger partial charge in [-0.1, -0.05) is 24.3 Å². The SMILES string of the molecule is NCc1ccccc1CNS(=O)(=O)c1ccc(F)cc1Br. The van der Waals surface area contributed by atoms with E-state index >= 15 is 0 Å². The predicted molar refractivity (Wildman–Crippen MR) is 82.5 cm³/mol. The molecule has 0 spiro atoms. The van der Waals surface area contributed by atoms with E-state index in [-0.39, 0.29) is 15.9 Å². The highest BCUT2D eigenvalue weighted by Gasteiger charge is 2.18. The Morgan fingerprint density at radius 2 is 1.81 bits per heavy atom. The van der Waals surface area contributed by atoms with Crippen LogP contribution in [0.1, 0.15) is 11.1 Å². The molecule has 21 heavy (non-hydrogen) atoms. The molecular formula is C14H14BrFN2O2S. The Bertz CT molecular complexity index is 750. The molecule has 0 amide bonds. The second-order valence-electron chi connectivity index (χ2n) is 4.37. The van der Waals surface area contributed by atoms with Crippen LogP contribution in [-0.4, -0.2) is 8.42 Å². The van der Waals surface area contributed by atoms with Crippen molar-refractivity contribution in [3.63, 3.8) is 0 Å². The molecule has 0 aromatic heterocycles. The first-order valence-electron chi connectivity index (χ1n) is 6.15. The second-order valence-corrected chi connectivity index (χ2v) is 6.96. The smallest absolute Gasteiger partial charge is 0.241 e. The summed E-state index contributed by atoms with van der Waals surface area (Å²) in [5.74, 6) is -0.505. The number of nitrogens with two attached hydrogens (primary N) is 1. The van der Waals surface area contributed by atoms with Gasteiger partial charge in [-0.15, -0.1) is 0 Å². The number of benzene rings is 2. The van der Waals surface area contributed by atoms with Crippen molar-refractivity contribution in [3.8, 4) is 0 Å². The number of nitrogens with one attached hydrogen (secondary N) is 1. The van der Waals surface area contributed by atoms with E-state index in [1.54, 1.807) is 0 Å². The van der Waals surface area contributed by atoms with E-state index in [2.05, 4.69) is 20.7 Å². The Balaban J connectivity index is 2.22. The zero-order valence-electron chi connectivity index (χ0n) is 11.0. The maximum absolute atomic E-state index is 13.0. The first-order valence-corrected chi connectivity index (χ1v) is 8.43. The standard InChI is InChI=1S/C14H14BrFN2O2S/c15-13-7-12(16)5-6-14(13)21(19,20)18-9-11-4-2-1-3-10(11)8-17/h1-7,18H,8-9,17H2. The lowest BCUT2D eigenvalue weighted by Crippen LogP contribution is -2.24. The third-order valence-corrected chi connectivity index (χ3v) is 5.35. The first-order chi connectivity index (χ1) is 9.94. The number of rotatable bonds is 5. The molecule has 2 aromatic carbocycles. The highest BCUT2D eigenvalue weighted by molar-refractivity contribution is 9.10. The molecule has 112 valence electrons. The van der Waals surface area contributed by atoms with E-state index in [4.69, 9.17) is 5.73 Å². The molecule has 7 heteroatoms. The van der Waals surface area contributed by atoms with Gasteiger partial charge in [0.05, 0.1) is 4.90 Å². The fourth-order valence-corrected chi connectivity index (χ4v) is 3.93. The topological polar surface area (TPSA) is 72.2 Å². The molecule has 0 aliphatic rings. The van der Waals surface area contributed by atoms with Gasteiger partial charge in [0.2, 0.25) is 10.0 Å². The Morgan fingerprint density at radius 3 is 2.43 bits per heavy atom. The summed E-state index contributed by atoms with van der Waals surface area (Å²) in [6.07, 6.45) is 0. The van der Waals surface area contributed by atoms with Crippen molar-refractivity contribution in [3.05, 3.63) is 63.9 Å². The van der Waals surface area contributed by atoms with E-state index in [0.717, 1.165) is 23.3 Å². The molecule has 0 bridgehead atoms. The zero-order chi connectivity index (χ0) is 15.5. The third kappa shape index (κ3) is 3.88. The van der Waals surface area contributed by atoms with E-state index in [1.165, 1.54) is 6.07 Å².